The first-order valence-electron chi connectivity index (χ1n) is 8.16. The smallest absolute Gasteiger partial charge is 0.191 e. The van der Waals surface area contributed by atoms with Gasteiger partial charge in [-0.25, -0.2) is 0 Å². The summed E-state index contributed by atoms with van der Waals surface area (Å²) in [5.41, 5.74) is 0. The van der Waals surface area contributed by atoms with Crippen molar-refractivity contribution in [1.29, 1.82) is 0 Å². The van der Waals surface area contributed by atoms with E-state index >= 15 is 0 Å². The highest BCUT2D eigenvalue weighted by Crippen LogP contribution is 2.03. The van der Waals surface area contributed by atoms with Crippen LogP contribution in [0.5, 0.6) is 0 Å². The molecule has 1 unspecified atom stereocenters. The van der Waals surface area contributed by atoms with Crippen molar-refractivity contribution in [2.24, 2.45) is 10.9 Å². The van der Waals surface area contributed by atoms with Gasteiger partial charge < -0.3 is 20.1 Å². The van der Waals surface area contributed by atoms with E-state index in [9.17, 15) is 0 Å². The summed E-state index contributed by atoms with van der Waals surface area (Å²) in [6, 6.07) is 0. The molecule has 2 N–H and O–H groups in total. The minimum Gasteiger partial charge on any atom is -0.380 e. The topological polar surface area (TPSA) is 58.1 Å². The maximum absolute atomic E-state index is 5.37. The van der Waals surface area contributed by atoms with Crippen molar-refractivity contribution in [3.8, 4) is 0 Å². The number of aliphatic imine (C=N–C) groups is 1. The molecule has 1 rings (SSSR count). The quantitative estimate of drug-likeness (QED) is 0.370. The predicted octanol–water partition coefficient (Wildman–Crippen LogP) is 0.546. The Bertz CT molecular complexity index is 281. The molecule has 1 fully saturated rings. The fraction of sp³-hybridized carbons (Fsp3) is 0.933. The molecule has 124 valence electrons. The molecular weight excluding hydrogens is 268 g/mol. The lowest BCUT2D eigenvalue weighted by Crippen LogP contribution is -2.41. The van der Waals surface area contributed by atoms with Crippen LogP contribution in [0.15, 0.2) is 4.99 Å². The van der Waals surface area contributed by atoms with Gasteiger partial charge in [-0.3, -0.25) is 9.89 Å². The molecule has 1 atom stereocenters. The summed E-state index contributed by atoms with van der Waals surface area (Å²) in [6.45, 7) is 15.2. The maximum atomic E-state index is 5.37. The van der Waals surface area contributed by atoms with Crippen LogP contribution in [0.1, 0.15) is 20.8 Å². The molecule has 21 heavy (non-hydrogen) atoms. The van der Waals surface area contributed by atoms with E-state index in [1.807, 2.05) is 6.92 Å². The van der Waals surface area contributed by atoms with Gasteiger partial charge in [0.1, 0.15) is 0 Å². The highest BCUT2D eigenvalue weighted by molar-refractivity contribution is 5.79. The first-order valence-corrected chi connectivity index (χ1v) is 8.16. The Kier molecular flexibility index (Phi) is 10.2. The molecule has 0 radical (unpaired) electrons. The van der Waals surface area contributed by atoms with Gasteiger partial charge in [0.15, 0.2) is 5.96 Å². The fourth-order valence-electron chi connectivity index (χ4n) is 2.26. The molecule has 0 aromatic rings. The molecule has 0 saturated carbocycles. The second-order valence-electron chi connectivity index (χ2n) is 5.36. The summed E-state index contributed by atoms with van der Waals surface area (Å²) < 4.78 is 10.7. The van der Waals surface area contributed by atoms with Crippen LogP contribution in [0.2, 0.25) is 0 Å². The Hall–Kier alpha value is -0.850. The van der Waals surface area contributed by atoms with Gasteiger partial charge in [-0.2, -0.15) is 0 Å². The molecule has 1 saturated heterocycles. The van der Waals surface area contributed by atoms with Crippen molar-refractivity contribution in [2.45, 2.75) is 20.8 Å². The zero-order chi connectivity index (χ0) is 15.3. The highest BCUT2D eigenvalue weighted by Gasteiger charge is 2.13. The lowest BCUT2D eigenvalue weighted by Gasteiger charge is -2.28. The van der Waals surface area contributed by atoms with Crippen molar-refractivity contribution in [3.63, 3.8) is 0 Å². The Balaban J connectivity index is 2.26. The normalized spacial score (nSPS) is 18.5. The van der Waals surface area contributed by atoms with Crippen molar-refractivity contribution in [1.82, 2.24) is 15.5 Å². The fourth-order valence-corrected chi connectivity index (χ4v) is 2.26. The van der Waals surface area contributed by atoms with E-state index in [1.165, 1.54) is 0 Å². The summed E-state index contributed by atoms with van der Waals surface area (Å²) in [7, 11) is 0. The van der Waals surface area contributed by atoms with Gasteiger partial charge in [0.25, 0.3) is 0 Å². The summed E-state index contributed by atoms with van der Waals surface area (Å²) in [6.07, 6.45) is 0. The predicted molar refractivity (Wildman–Crippen MR) is 86.9 cm³/mol. The van der Waals surface area contributed by atoms with Gasteiger partial charge in [-0.05, 0) is 19.8 Å². The van der Waals surface area contributed by atoms with Crippen LogP contribution in [0.4, 0.5) is 0 Å². The molecule has 1 aliphatic rings. The Morgan fingerprint density at radius 3 is 2.71 bits per heavy atom. The summed E-state index contributed by atoms with van der Waals surface area (Å²) in [5, 5.41) is 6.56. The van der Waals surface area contributed by atoms with Crippen LogP contribution in [0, 0.1) is 5.92 Å². The summed E-state index contributed by atoms with van der Waals surface area (Å²) in [5.74, 6) is 1.43. The van der Waals surface area contributed by atoms with Crippen LogP contribution in [-0.2, 0) is 9.47 Å². The third-order valence-electron chi connectivity index (χ3n) is 3.32. The zero-order valence-electron chi connectivity index (χ0n) is 13.9. The Labute approximate surface area is 129 Å². The minimum absolute atomic E-state index is 0.547. The molecule has 0 amide bonds. The molecule has 0 aliphatic carbocycles. The number of guanidine groups is 1. The van der Waals surface area contributed by atoms with Gasteiger partial charge in [0, 0.05) is 45.9 Å². The van der Waals surface area contributed by atoms with Gasteiger partial charge in [-0.15, -0.1) is 0 Å². The molecule has 0 aromatic heterocycles. The zero-order valence-corrected chi connectivity index (χ0v) is 13.9. The van der Waals surface area contributed by atoms with Crippen LogP contribution in [0.3, 0.4) is 0 Å². The maximum Gasteiger partial charge on any atom is 0.191 e. The molecule has 0 aromatic carbocycles. The molecule has 1 heterocycles. The molecule has 0 bridgehead atoms. The number of nitrogens with one attached hydrogen (secondary N) is 2. The summed E-state index contributed by atoms with van der Waals surface area (Å²) >= 11 is 0. The van der Waals surface area contributed by atoms with Crippen molar-refractivity contribution in [2.75, 3.05) is 65.7 Å². The van der Waals surface area contributed by atoms with E-state index in [4.69, 9.17) is 9.47 Å². The third kappa shape index (κ3) is 8.90. The first-order chi connectivity index (χ1) is 10.3. The van der Waals surface area contributed by atoms with Crippen LogP contribution in [0.25, 0.3) is 0 Å². The van der Waals surface area contributed by atoms with Gasteiger partial charge >= 0.3 is 0 Å². The standard InChI is InChI=1S/C15H32N4O2/c1-4-16-15(17-6-9-20-5-2)18-12-14(3)13-19-7-10-21-11-8-19/h14H,4-13H2,1-3H3,(H2,16,17,18). The largest absolute Gasteiger partial charge is 0.380 e. The average Bonchev–Trinajstić information content (AvgIpc) is 2.50. The lowest BCUT2D eigenvalue weighted by atomic mass is 10.1. The van der Waals surface area contributed by atoms with Gasteiger partial charge in [0.2, 0.25) is 0 Å². The third-order valence-corrected chi connectivity index (χ3v) is 3.32. The number of hydrogen-bond donors (Lipinski definition) is 2. The second kappa shape index (κ2) is 11.8. The minimum atomic E-state index is 0.547. The monoisotopic (exact) mass is 300 g/mol. The van der Waals surface area contributed by atoms with E-state index in [1.54, 1.807) is 0 Å². The van der Waals surface area contributed by atoms with Gasteiger partial charge in [-0.1, -0.05) is 6.92 Å². The number of rotatable bonds is 9. The molecule has 6 heteroatoms. The number of ether oxygens (including phenoxy) is 2. The van der Waals surface area contributed by atoms with E-state index in [2.05, 4.69) is 34.4 Å². The molecule has 0 spiro atoms. The van der Waals surface area contributed by atoms with Crippen molar-refractivity contribution < 1.29 is 9.47 Å². The highest BCUT2D eigenvalue weighted by atomic mass is 16.5. The lowest BCUT2D eigenvalue weighted by molar-refractivity contribution is 0.0323. The van der Waals surface area contributed by atoms with E-state index in [0.29, 0.717) is 12.5 Å². The summed E-state index contributed by atoms with van der Waals surface area (Å²) in [4.78, 5) is 7.11. The second-order valence-corrected chi connectivity index (χ2v) is 5.36. The average molecular weight is 300 g/mol. The van der Waals surface area contributed by atoms with Crippen LogP contribution in [-0.4, -0.2) is 76.6 Å². The SMILES string of the molecule is CCNC(=NCC(C)CN1CCOCC1)NCCOCC. The van der Waals surface area contributed by atoms with Gasteiger partial charge in [0.05, 0.1) is 19.8 Å². The molecule has 6 nitrogen and oxygen atoms in total. The number of morpholine rings is 1. The van der Waals surface area contributed by atoms with E-state index in [0.717, 1.165) is 65.0 Å². The molecule has 1 aliphatic heterocycles. The number of hydrogen-bond acceptors (Lipinski definition) is 4. The van der Waals surface area contributed by atoms with E-state index in [-0.39, 0.29) is 0 Å². The number of nitrogens with zero attached hydrogens (tertiary/aromatic N) is 2. The van der Waals surface area contributed by atoms with Crippen LogP contribution < -0.4 is 10.6 Å². The first kappa shape index (κ1) is 18.2. The Morgan fingerprint density at radius 1 is 1.29 bits per heavy atom. The van der Waals surface area contributed by atoms with Crippen molar-refractivity contribution in [3.05, 3.63) is 0 Å². The van der Waals surface area contributed by atoms with Crippen LogP contribution >= 0.6 is 0 Å². The molecular formula is C15H32N4O2. The Morgan fingerprint density at radius 2 is 2.05 bits per heavy atom. The van der Waals surface area contributed by atoms with E-state index < -0.39 is 0 Å². The van der Waals surface area contributed by atoms with Crippen molar-refractivity contribution >= 4 is 5.96 Å².